The van der Waals surface area contributed by atoms with Gasteiger partial charge in [-0.05, 0) is 36.0 Å². The lowest BCUT2D eigenvalue weighted by Gasteiger charge is -2.23. The topological polar surface area (TPSA) is 44.5 Å². The molecule has 3 nitrogen and oxygen atoms in total. The van der Waals surface area contributed by atoms with E-state index < -0.39 is 0 Å². The Hall–Kier alpha value is -1.22. The minimum absolute atomic E-state index is 0.0106. The summed E-state index contributed by atoms with van der Waals surface area (Å²) >= 11 is 0. The molecular formula is C15H25NO2. The van der Waals surface area contributed by atoms with Crippen LogP contribution >= 0.6 is 0 Å². The van der Waals surface area contributed by atoms with Gasteiger partial charge in [0.25, 0.3) is 0 Å². The summed E-state index contributed by atoms with van der Waals surface area (Å²) in [5.41, 5.74) is 7.39. The number of hydrogen-bond acceptors (Lipinski definition) is 3. The third-order valence-corrected chi connectivity index (χ3v) is 3.21. The molecule has 0 aliphatic heterocycles. The maximum absolute atomic E-state index is 6.32. The van der Waals surface area contributed by atoms with Gasteiger partial charge in [-0.1, -0.05) is 20.8 Å². The highest BCUT2D eigenvalue weighted by Crippen LogP contribution is 2.30. The monoisotopic (exact) mass is 251 g/mol. The Morgan fingerprint density at radius 2 is 1.50 bits per heavy atom. The van der Waals surface area contributed by atoms with Gasteiger partial charge in [-0.2, -0.15) is 0 Å². The lowest BCUT2D eigenvalue weighted by Crippen LogP contribution is -2.20. The predicted molar refractivity (Wildman–Crippen MR) is 75.1 cm³/mol. The average molecular weight is 251 g/mol. The van der Waals surface area contributed by atoms with Crippen molar-refractivity contribution in [2.45, 2.75) is 33.2 Å². The quantitative estimate of drug-likeness (QED) is 0.843. The van der Waals surface area contributed by atoms with Crippen molar-refractivity contribution in [1.29, 1.82) is 0 Å². The second kappa shape index (κ2) is 6.64. The zero-order chi connectivity index (χ0) is 13.7. The molecule has 0 aliphatic carbocycles. The number of methoxy groups -OCH3 is 2. The van der Waals surface area contributed by atoms with Gasteiger partial charge in [0.15, 0.2) is 0 Å². The summed E-state index contributed by atoms with van der Waals surface area (Å²) in [7, 11) is 3.31. The summed E-state index contributed by atoms with van der Waals surface area (Å²) < 4.78 is 10.5. The average Bonchev–Trinajstić information content (AvgIpc) is 2.36. The van der Waals surface area contributed by atoms with Gasteiger partial charge in [-0.15, -0.1) is 0 Å². The normalized spacial score (nSPS) is 14.4. The van der Waals surface area contributed by atoms with Gasteiger partial charge in [-0.3, -0.25) is 0 Å². The molecule has 0 radical (unpaired) electrons. The van der Waals surface area contributed by atoms with E-state index in [9.17, 15) is 0 Å². The molecule has 18 heavy (non-hydrogen) atoms. The van der Waals surface area contributed by atoms with Crippen molar-refractivity contribution in [1.82, 2.24) is 0 Å². The lowest BCUT2D eigenvalue weighted by atomic mass is 9.88. The molecule has 0 aliphatic rings. The van der Waals surface area contributed by atoms with Crippen LogP contribution in [0.25, 0.3) is 0 Å². The van der Waals surface area contributed by atoms with Crippen LogP contribution in [0.2, 0.25) is 0 Å². The van der Waals surface area contributed by atoms with Crippen LogP contribution in [0.15, 0.2) is 18.2 Å². The van der Waals surface area contributed by atoms with E-state index in [4.69, 9.17) is 15.2 Å². The summed E-state index contributed by atoms with van der Waals surface area (Å²) in [6, 6.07) is 5.86. The van der Waals surface area contributed by atoms with E-state index in [1.165, 1.54) is 0 Å². The van der Waals surface area contributed by atoms with Crippen molar-refractivity contribution >= 4 is 0 Å². The molecule has 2 atom stereocenters. The third-order valence-electron chi connectivity index (χ3n) is 3.21. The zero-order valence-electron chi connectivity index (χ0n) is 12.1. The molecule has 2 unspecified atom stereocenters. The smallest absolute Gasteiger partial charge is 0.122 e. The minimum atomic E-state index is 0.0106. The molecule has 0 aromatic heterocycles. The second-order valence-electron chi connectivity index (χ2n) is 5.28. The van der Waals surface area contributed by atoms with Crippen molar-refractivity contribution in [3.63, 3.8) is 0 Å². The molecule has 1 rings (SSSR count). The molecule has 2 N–H and O–H groups in total. The molecule has 0 fully saturated rings. The number of rotatable bonds is 6. The predicted octanol–water partition coefficient (Wildman–Crippen LogP) is 3.39. The SMILES string of the molecule is COc1cc(OC)cc(C(N)C(C)CC(C)C)c1. The second-order valence-corrected chi connectivity index (χ2v) is 5.28. The number of hydrogen-bond donors (Lipinski definition) is 1. The van der Waals surface area contributed by atoms with Gasteiger partial charge in [0.1, 0.15) is 11.5 Å². The summed E-state index contributed by atoms with van der Waals surface area (Å²) in [6.45, 7) is 6.63. The van der Waals surface area contributed by atoms with E-state index in [1.807, 2.05) is 18.2 Å². The summed E-state index contributed by atoms with van der Waals surface area (Å²) in [4.78, 5) is 0. The van der Waals surface area contributed by atoms with Crippen molar-refractivity contribution in [2.24, 2.45) is 17.6 Å². The van der Waals surface area contributed by atoms with Crippen molar-refractivity contribution in [2.75, 3.05) is 14.2 Å². The molecule has 0 spiro atoms. The van der Waals surface area contributed by atoms with Crippen LogP contribution in [-0.4, -0.2) is 14.2 Å². The fourth-order valence-electron chi connectivity index (χ4n) is 2.24. The number of benzene rings is 1. The Labute approximate surface area is 110 Å². The molecule has 0 amide bonds. The molecular weight excluding hydrogens is 226 g/mol. The van der Waals surface area contributed by atoms with Gasteiger partial charge in [-0.25, -0.2) is 0 Å². The maximum atomic E-state index is 6.32. The molecule has 1 aromatic carbocycles. The summed E-state index contributed by atoms with van der Waals surface area (Å²) in [5.74, 6) is 2.66. The Kier molecular flexibility index (Phi) is 5.48. The highest BCUT2D eigenvalue weighted by molar-refractivity contribution is 5.39. The van der Waals surface area contributed by atoms with Crippen LogP contribution in [0.3, 0.4) is 0 Å². The summed E-state index contributed by atoms with van der Waals surface area (Å²) in [5, 5.41) is 0. The molecule has 0 saturated heterocycles. The third kappa shape index (κ3) is 3.91. The highest BCUT2D eigenvalue weighted by Gasteiger charge is 2.17. The van der Waals surface area contributed by atoms with E-state index in [-0.39, 0.29) is 6.04 Å². The Morgan fingerprint density at radius 1 is 1.00 bits per heavy atom. The first-order chi connectivity index (χ1) is 8.47. The van der Waals surface area contributed by atoms with Crippen LogP contribution < -0.4 is 15.2 Å². The highest BCUT2D eigenvalue weighted by atomic mass is 16.5. The molecule has 0 saturated carbocycles. The van der Waals surface area contributed by atoms with Crippen LogP contribution in [0.4, 0.5) is 0 Å². The fraction of sp³-hybridized carbons (Fsp3) is 0.600. The Balaban J connectivity index is 2.93. The summed E-state index contributed by atoms with van der Waals surface area (Å²) in [6.07, 6.45) is 1.11. The van der Waals surface area contributed by atoms with Gasteiger partial charge in [0.05, 0.1) is 14.2 Å². The Morgan fingerprint density at radius 3 is 1.89 bits per heavy atom. The van der Waals surface area contributed by atoms with Gasteiger partial charge < -0.3 is 15.2 Å². The Bertz CT molecular complexity index is 355. The van der Waals surface area contributed by atoms with Crippen LogP contribution in [0, 0.1) is 11.8 Å². The minimum Gasteiger partial charge on any atom is -0.497 e. The van der Waals surface area contributed by atoms with Crippen molar-refractivity contribution in [3.8, 4) is 11.5 Å². The van der Waals surface area contributed by atoms with Crippen molar-refractivity contribution < 1.29 is 9.47 Å². The maximum Gasteiger partial charge on any atom is 0.122 e. The zero-order valence-corrected chi connectivity index (χ0v) is 12.1. The van der Waals surface area contributed by atoms with Crippen LogP contribution in [0.1, 0.15) is 38.8 Å². The van der Waals surface area contributed by atoms with E-state index in [0.717, 1.165) is 23.5 Å². The molecule has 3 heteroatoms. The van der Waals surface area contributed by atoms with Crippen molar-refractivity contribution in [3.05, 3.63) is 23.8 Å². The number of ether oxygens (including phenoxy) is 2. The molecule has 0 bridgehead atoms. The fourth-order valence-corrected chi connectivity index (χ4v) is 2.24. The standard InChI is InChI=1S/C15H25NO2/c1-10(2)6-11(3)15(16)12-7-13(17-4)9-14(8-12)18-5/h7-11,15H,6,16H2,1-5H3. The van der Waals surface area contributed by atoms with E-state index >= 15 is 0 Å². The van der Waals surface area contributed by atoms with Crippen LogP contribution in [0.5, 0.6) is 11.5 Å². The van der Waals surface area contributed by atoms with Gasteiger partial charge in [0.2, 0.25) is 0 Å². The van der Waals surface area contributed by atoms with E-state index in [2.05, 4.69) is 20.8 Å². The first kappa shape index (κ1) is 14.8. The molecule has 102 valence electrons. The largest absolute Gasteiger partial charge is 0.497 e. The van der Waals surface area contributed by atoms with Gasteiger partial charge >= 0.3 is 0 Å². The lowest BCUT2D eigenvalue weighted by molar-refractivity contribution is 0.369. The molecule has 1 aromatic rings. The number of nitrogens with two attached hydrogens (primary N) is 1. The first-order valence-electron chi connectivity index (χ1n) is 6.46. The van der Waals surface area contributed by atoms with E-state index in [1.54, 1.807) is 14.2 Å². The van der Waals surface area contributed by atoms with Crippen LogP contribution in [-0.2, 0) is 0 Å². The van der Waals surface area contributed by atoms with E-state index in [0.29, 0.717) is 11.8 Å². The first-order valence-corrected chi connectivity index (χ1v) is 6.46. The molecule has 0 heterocycles. The van der Waals surface area contributed by atoms with Gasteiger partial charge in [0, 0.05) is 12.1 Å².